The van der Waals surface area contributed by atoms with Crippen molar-refractivity contribution in [2.45, 2.75) is 56.9 Å². The minimum Gasteiger partial charge on any atom is -0.393 e. The first-order valence-electron chi connectivity index (χ1n) is 14.2. The van der Waals surface area contributed by atoms with Crippen LogP contribution in [-0.2, 0) is 19.1 Å². The second kappa shape index (κ2) is 10.4. The number of fused-ring (bicyclic) bond motifs is 3. The second-order valence-corrected chi connectivity index (χ2v) is 11.2. The fourth-order valence-electron chi connectivity index (χ4n) is 6.27. The zero-order chi connectivity index (χ0) is 28.9. The average Bonchev–Trinajstić information content (AvgIpc) is 3.36. The first-order valence-corrected chi connectivity index (χ1v) is 14.2. The number of nitrogens with zero attached hydrogens (tertiary/aromatic N) is 3. The number of likely N-dealkylation sites (N-methyl/N-ethyl adjacent to an activating group) is 1. The van der Waals surface area contributed by atoms with Crippen LogP contribution in [0, 0.1) is 5.92 Å². The Kier molecular flexibility index (Phi) is 6.90. The number of nitrogens with two attached hydrogens (primary N) is 2. The summed E-state index contributed by atoms with van der Waals surface area (Å²) in [7, 11) is 3.54. The molecule has 3 heterocycles. The molecule has 2 aromatic rings. The maximum Gasteiger partial charge on any atom is 0.269 e. The SMILES string of the molecule is CNC(=O)/C(N)=C(/C=C(\N)NC(=O)C1CC1)Nc1cccc2c1N(C)C(C)c1c-2cnn1C1CCCC12OCCO2. The number of carbonyl (C=O) groups excluding carboxylic acids is 2. The first-order chi connectivity index (χ1) is 19.7. The minimum atomic E-state index is -0.611. The van der Waals surface area contributed by atoms with Gasteiger partial charge < -0.3 is 41.8 Å². The lowest BCUT2D eigenvalue weighted by Gasteiger charge is -2.38. The van der Waals surface area contributed by atoms with E-state index in [0.29, 0.717) is 13.2 Å². The van der Waals surface area contributed by atoms with E-state index in [-0.39, 0.29) is 41.1 Å². The van der Waals surface area contributed by atoms with E-state index < -0.39 is 11.7 Å². The molecule has 2 aliphatic heterocycles. The molecule has 2 amide bonds. The number of nitrogens with one attached hydrogen (secondary N) is 3. The van der Waals surface area contributed by atoms with E-state index >= 15 is 0 Å². The summed E-state index contributed by atoms with van der Waals surface area (Å²) in [5.74, 6) is -1.13. The summed E-state index contributed by atoms with van der Waals surface area (Å²) in [5.41, 5.74) is 17.4. The molecule has 0 bridgehead atoms. The van der Waals surface area contributed by atoms with Gasteiger partial charge in [0.1, 0.15) is 17.6 Å². The Labute approximate surface area is 239 Å². The van der Waals surface area contributed by atoms with Gasteiger partial charge in [-0.3, -0.25) is 14.3 Å². The van der Waals surface area contributed by atoms with Crippen LogP contribution >= 0.6 is 0 Å². The summed E-state index contributed by atoms with van der Waals surface area (Å²) in [4.78, 5) is 27.0. The van der Waals surface area contributed by atoms with Gasteiger partial charge in [-0.2, -0.15) is 5.10 Å². The van der Waals surface area contributed by atoms with E-state index in [2.05, 4.69) is 38.5 Å². The Balaban J connectivity index is 1.38. The number of amides is 2. The fourth-order valence-corrected chi connectivity index (χ4v) is 6.27. The number of hydrogen-bond acceptors (Lipinski definition) is 9. The van der Waals surface area contributed by atoms with Crippen molar-refractivity contribution in [1.82, 2.24) is 20.4 Å². The molecule has 1 saturated heterocycles. The number of allylic oxidation sites excluding steroid dienone is 1. The molecule has 1 aromatic heterocycles. The van der Waals surface area contributed by atoms with Gasteiger partial charge in [-0.15, -0.1) is 0 Å². The Morgan fingerprint density at radius 3 is 2.61 bits per heavy atom. The van der Waals surface area contributed by atoms with Crippen molar-refractivity contribution >= 4 is 23.2 Å². The molecule has 1 aromatic carbocycles. The van der Waals surface area contributed by atoms with Crippen LogP contribution in [0.25, 0.3) is 11.1 Å². The minimum absolute atomic E-state index is 0.00769. The number of carbonyl (C=O) groups is 2. The highest BCUT2D eigenvalue weighted by molar-refractivity contribution is 5.96. The van der Waals surface area contributed by atoms with Gasteiger partial charge in [0.2, 0.25) is 5.91 Å². The van der Waals surface area contributed by atoms with E-state index in [9.17, 15) is 9.59 Å². The van der Waals surface area contributed by atoms with Crippen LogP contribution in [0.2, 0.25) is 0 Å². The average molecular weight is 563 g/mol. The van der Waals surface area contributed by atoms with Gasteiger partial charge in [-0.25, -0.2) is 0 Å². The van der Waals surface area contributed by atoms with E-state index in [0.717, 1.165) is 60.3 Å². The van der Waals surface area contributed by atoms with E-state index in [1.807, 2.05) is 25.4 Å². The molecule has 0 radical (unpaired) electrons. The third-order valence-electron chi connectivity index (χ3n) is 8.62. The molecular weight excluding hydrogens is 524 g/mol. The highest BCUT2D eigenvalue weighted by Crippen LogP contribution is 2.51. The van der Waals surface area contributed by atoms with Gasteiger partial charge >= 0.3 is 0 Å². The molecule has 12 nitrogen and oxygen atoms in total. The molecule has 3 fully saturated rings. The number of benzene rings is 1. The van der Waals surface area contributed by atoms with Crippen LogP contribution < -0.4 is 32.3 Å². The zero-order valence-corrected chi connectivity index (χ0v) is 23.7. The summed E-state index contributed by atoms with van der Waals surface area (Å²) in [6.07, 6.45) is 7.93. The lowest BCUT2D eigenvalue weighted by atomic mass is 9.93. The quantitative estimate of drug-likeness (QED) is 0.252. The molecule has 2 atom stereocenters. The number of anilines is 2. The number of hydrogen-bond donors (Lipinski definition) is 5. The van der Waals surface area contributed by atoms with Crippen LogP contribution in [0.5, 0.6) is 0 Å². The topological polar surface area (TPSA) is 162 Å². The van der Waals surface area contributed by atoms with E-state index in [4.69, 9.17) is 26.0 Å². The predicted molar refractivity (Wildman–Crippen MR) is 154 cm³/mol. The molecule has 218 valence electrons. The number of para-hydroxylation sites is 1. The van der Waals surface area contributed by atoms with Crippen LogP contribution in [0.4, 0.5) is 11.4 Å². The molecule has 2 aliphatic carbocycles. The summed E-state index contributed by atoms with van der Waals surface area (Å²) >= 11 is 0. The van der Waals surface area contributed by atoms with Crippen molar-refractivity contribution in [3.63, 3.8) is 0 Å². The van der Waals surface area contributed by atoms with Gasteiger partial charge in [0, 0.05) is 43.6 Å². The molecule has 7 N–H and O–H groups in total. The van der Waals surface area contributed by atoms with Crippen molar-refractivity contribution in [2.24, 2.45) is 17.4 Å². The van der Waals surface area contributed by atoms with Gasteiger partial charge in [0.15, 0.2) is 5.79 Å². The second-order valence-electron chi connectivity index (χ2n) is 11.2. The lowest BCUT2D eigenvalue weighted by Crippen LogP contribution is -2.39. The van der Waals surface area contributed by atoms with Gasteiger partial charge in [-0.1, -0.05) is 12.1 Å². The Hall–Kier alpha value is -4.03. The van der Waals surface area contributed by atoms with Gasteiger partial charge in [0.05, 0.1) is 48.2 Å². The number of rotatable bonds is 7. The van der Waals surface area contributed by atoms with E-state index in [1.165, 1.54) is 13.1 Å². The Morgan fingerprint density at radius 1 is 1.15 bits per heavy atom. The Morgan fingerprint density at radius 2 is 1.90 bits per heavy atom. The highest BCUT2D eigenvalue weighted by Gasteiger charge is 2.51. The van der Waals surface area contributed by atoms with Gasteiger partial charge in [0.25, 0.3) is 5.91 Å². The lowest BCUT2D eigenvalue weighted by molar-refractivity contribution is -0.178. The van der Waals surface area contributed by atoms with Crippen LogP contribution in [0.1, 0.15) is 56.8 Å². The van der Waals surface area contributed by atoms with Crippen LogP contribution in [0.15, 0.2) is 47.7 Å². The number of ether oxygens (including phenoxy) is 2. The number of aromatic nitrogens is 2. The molecule has 4 aliphatic rings. The highest BCUT2D eigenvalue weighted by atomic mass is 16.7. The molecule has 1 spiro atoms. The van der Waals surface area contributed by atoms with Crippen molar-refractivity contribution in [3.05, 3.63) is 53.4 Å². The molecule has 2 saturated carbocycles. The van der Waals surface area contributed by atoms with Crippen molar-refractivity contribution in [3.8, 4) is 11.1 Å². The van der Waals surface area contributed by atoms with Crippen LogP contribution in [-0.4, -0.2) is 54.7 Å². The van der Waals surface area contributed by atoms with Crippen molar-refractivity contribution in [1.29, 1.82) is 0 Å². The van der Waals surface area contributed by atoms with Crippen molar-refractivity contribution in [2.75, 3.05) is 37.5 Å². The van der Waals surface area contributed by atoms with Gasteiger partial charge in [-0.05, 0) is 38.7 Å². The first kappa shape index (κ1) is 27.2. The monoisotopic (exact) mass is 562 g/mol. The zero-order valence-electron chi connectivity index (χ0n) is 23.7. The summed E-state index contributed by atoms with van der Waals surface area (Å²) < 4.78 is 14.4. The molecular formula is C29H38N8O4. The smallest absolute Gasteiger partial charge is 0.269 e. The summed E-state index contributed by atoms with van der Waals surface area (Å²) in [6, 6.07) is 5.92. The predicted octanol–water partition coefficient (Wildman–Crippen LogP) is 2.18. The standard InChI is InChI=1S/C29H38N8O4/c1-16-25-19(15-33-37(25)22-8-5-11-29(22)40-12-13-41-29)18-6-4-7-20(26(18)36(16)3)34-21(24(31)28(39)32-2)14-23(30)35-27(38)17-9-10-17/h4,6-7,14-17,22,34H,5,8-13,30-31H2,1-3H3,(H,32,39)(H,35,38)/b23-14+,24-21+. The third kappa shape index (κ3) is 4.70. The summed E-state index contributed by atoms with van der Waals surface area (Å²) in [6.45, 7) is 3.35. The van der Waals surface area contributed by atoms with E-state index in [1.54, 1.807) is 0 Å². The fraction of sp³-hybridized carbons (Fsp3) is 0.483. The maximum absolute atomic E-state index is 12.5. The van der Waals surface area contributed by atoms with Crippen molar-refractivity contribution < 1.29 is 19.1 Å². The molecule has 41 heavy (non-hydrogen) atoms. The maximum atomic E-state index is 12.5. The largest absolute Gasteiger partial charge is 0.393 e. The van der Waals surface area contributed by atoms with Crippen LogP contribution in [0.3, 0.4) is 0 Å². The third-order valence-corrected chi connectivity index (χ3v) is 8.62. The Bertz CT molecular complexity index is 1430. The molecule has 12 heteroatoms. The molecule has 6 rings (SSSR count). The molecule has 2 unspecified atom stereocenters. The summed E-state index contributed by atoms with van der Waals surface area (Å²) in [5, 5.41) is 13.5. The normalized spacial score (nSPS) is 23.6.